The standard InChI is InChI=1S/C18H16N2O4/c19-16(21)9-11-5-7-13(8-6-11)20-17(22)15-10-12-3-1-2-4-14(12)18(23)24-15/h1-8,15H,9-10H2,(H2,19,21)(H,20,22). The number of carbonyl (C=O) groups excluding carboxylic acids is 3. The van der Waals surface area contributed by atoms with Crippen LogP contribution in [0.5, 0.6) is 0 Å². The first-order chi connectivity index (χ1) is 11.5. The van der Waals surface area contributed by atoms with Gasteiger partial charge in [0.25, 0.3) is 5.91 Å². The summed E-state index contributed by atoms with van der Waals surface area (Å²) in [5.41, 5.74) is 7.75. The number of nitrogens with one attached hydrogen (secondary N) is 1. The molecule has 1 unspecified atom stereocenters. The molecule has 1 heterocycles. The van der Waals surface area contributed by atoms with Gasteiger partial charge < -0.3 is 15.8 Å². The molecule has 1 aliphatic heterocycles. The van der Waals surface area contributed by atoms with Crippen LogP contribution >= 0.6 is 0 Å². The minimum atomic E-state index is -0.863. The number of nitrogens with two attached hydrogens (primary N) is 1. The van der Waals surface area contributed by atoms with Crippen molar-refractivity contribution < 1.29 is 19.1 Å². The maximum absolute atomic E-state index is 12.3. The third kappa shape index (κ3) is 3.43. The lowest BCUT2D eigenvalue weighted by molar-refractivity contribution is -0.125. The monoisotopic (exact) mass is 324 g/mol. The van der Waals surface area contributed by atoms with E-state index >= 15 is 0 Å². The molecule has 6 nitrogen and oxygen atoms in total. The fourth-order valence-electron chi connectivity index (χ4n) is 2.61. The number of anilines is 1. The second-order valence-corrected chi connectivity index (χ2v) is 5.58. The fourth-order valence-corrected chi connectivity index (χ4v) is 2.61. The molecule has 0 aliphatic carbocycles. The Kier molecular flexibility index (Phi) is 4.29. The molecule has 2 aromatic carbocycles. The van der Waals surface area contributed by atoms with Gasteiger partial charge in [0.1, 0.15) is 0 Å². The maximum atomic E-state index is 12.3. The van der Waals surface area contributed by atoms with Crippen molar-refractivity contribution in [2.75, 3.05) is 5.32 Å². The van der Waals surface area contributed by atoms with Crippen molar-refractivity contribution in [3.8, 4) is 0 Å². The number of benzene rings is 2. The normalized spacial score (nSPS) is 16.0. The quantitative estimate of drug-likeness (QED) is 0.831. The Morgan fingerprint density at radius 3 is 2.54 bits per heavy atom. The van der Waals surface area contributed by atoms with E-state index in [1.807, 2.05) is 12.1 Å². The smallest absolute Gasteiger partial charge is 0.339 e. The zero-order valence-corrected chi connectivity index (χ0v) is 12.8. The van der Waals surface area contributed by atoms with Gasteiger partial charge in [-0.3, -0.25) is 9.59 Å². The highest BCUT2D eigenvalue weighted by Gasteiger charge is 2.30. The number of primary amides is 1. The van der Waals surface area contributed by atoms with Crippen molar-refractivity contribution in [2.24, 2.45) is 5.73 Å². The summed E-state index contributed by atoms with van der Waals surface area (Å²) in [5, 5.41) is 2.71. The highest BCUT2D eigenvalue weighted by atomic mass is 16.5. The predicted octanol–water partition coefficient (Wildman–Crippen LogP) is 1.43. The van der Waals surface area contributed by atoms with Gasteiger partial charge in [0, 0.05) is 12.1 Å². The molecule has 1 atom stereocenters. The number of rotatable bonds is 4. The number of hydrogen-bond acceptors (Lipinski definition) is 4. The van der Waals surface area contributed by atoms with Gasteiger partial charge in [-0.15, -0.1) is 0 Å². The summed E-state index contributed by atoms with van der Waals surface area (Å²) in [7, 11) is 0. The molecule has 0 aromatic heterocycles. The number of esters is 1. The lowest BCUT2D eigenvalue weighted by Gasteiger charge is -2.23. The number of carbonyl (C=O) groups is 3. The van der Waals surface area contributed by atoms with Crippen molar-refractivity contribution in [2.45, 2.75) is 18.9 Å². The Morgan fingerprint density at radius 1 is 1.12 bits per heavy atom. The summed E-state index contributed by atoms with van der Waals surface area (Å²) < 4.78 is 5.21. The second-order valence-electron chi connectivity index (χ2n) is 5.58. The van der Waals surface area contributed by atoms with E-state index in [4.69, 9.17) is 10.5 Å². The molecule has 2 amide bonds. The van der Waals surface area contributed by atoms with Crippen LogP contribution in [0.25, 0.3) is 0 Å². The third-order valence-corrected chi connectivity index (χ3v) is 3.78. The minimum Gasteiger partial charge on any atom is -0.448 e. The molecule has 0 radical (unpaired) electrons. The third-order valence-electron chi connectivity index (χ3n) is 3.78. The molecule has 24 heavy (non-hydrogen) atoms. The first-order valence-electron chi connectivity index (χ1n) is 7.50. The second kappa shape index (κ2) is 6.54. The summed E-state index contributed by atoms with van der Waals surface area (Å²) in [6, 6.07) is 13.9. The Hall–Kier alpha value is -3.15. The van der Waals surface area contributed by atoms with Crippen LogP contribution in [0.15, 0.2) is 48.5 Å². The van der Waals surface area contributed by atoms with Gasteiger partial charge in [-0.1, -0.05) is 30.3 Å². The van der Waals surface area contributed by atoms with E-state index in [0.717, 1.165) is 11.1 Å². The fraction of sp³-hybridized carbons (Fsp3) is 0.167. The Balaban J connectivity index is 1.67. The van der Waals surface area contributed by atoms with Crippen LogP contribution < -0.4 is 11.1 Å². The van der Waals surface area contributed by atoms with Gasteiger partial charge >= 0.3 is 5.97 Å². The van der Waals surface area contributed by atoms with Gasteiger partial charge in [-0.2, -0.15) is 0 Å². The topological polar surface area (TPSA) is 98.5 Å². The number of hydrogen-bond donors (Lipinski definition) is 2. The minimum absolute atomic E-state index is 0.144. The van der Waals surface area contributed by atoms with Gasteiger partial charge in [-0.05, 0) is 29.3 Å². The Labute approximate surface area is 138 Å². The molecule has 6 heteroatoms. The Morgan fingerprint density at radius 2 is 1.83 bits per heavy atom. The van der Waals surface area contributed by atoms with Gasteiger partial charge in [0.05, 0.1) is 12.0 Å². The van der Waals surface area contributed by atoms with E-state index in [1.165, 1.54) is 0 Å². The molecular formula is C18H16N2O4. The van der Waals surface area contributed by atoms with Gasteiger partial charge in [0.15, 0.2) is 6.10 Å². The largest absolute Gasteiger partial charge is 0.448 e. The zero-order chi connectivity index (χ0) is 17.1. The molecule has 0 saturated heterocycles. The van der Waals surface area contributed by atoms with E-state index < -0.39 is 18.0 Å². The average Bonchev–Trinajstić information content (AvgIpc) is 2.56. The average molecular weight is 324 g/mol. The molecule has 1 aliphatic rings. The van der Waals surface area contributed by atoms with Crippen LogP contribution in [-0.2, 0) is 27.2 Å². The summed E-state index contributed by atoms with van der Waals surface area (Å²) in [4.78, 5) is 35.2. The lowest BCUT2D eigenvalue weighted by Crippen LogP contribution is -2.37. The molecule has 0 bridgehead atoms. The van der Waals surface area contributed by atoms with Crippen LogP contribution in [0.4, 0.5) is 5.69 Å². The molecule has 122 valence electrons. The number of cyclic esters (lactones) is 1. The van der Waals surface area contributed by atoms with E-state index in [2.05, 4.69) is 5.32 Å². The van der Waals surface area contributed by atoms with Gasteiger partial charge in [0.2, 0.25) is 5.91 Å². The SMILES string of the molecule is NC(=O)Cc1ccc(NC(=O)C2Cc3ccccc3C(=O)O2)cc1. The van der Waals surface area contributed by atoms with Crippen molar-refractivity contribution in [1.29, 1.82) is 0 Å². The first kappa shape index (κ1) is 15.7. The highest BCUT2D eigenvalue weighted by Crippen LogP contribution is 2.21. The zero-order valence-electron chi connectivity index (χ0n) is 12.8. The van der Waals surface area contributed by atoms with Crippen molar-refractivity contribution in [3.05, 3.63) is 65.2 Å². The summed E-state index contributed by atoms with van der Waals surface area (Å²) in [6.07, 6.45) is -0.378. The molecule has 0 saturated carbocycles. The van der Waals surface area contributed by atoms with Crippen LogP contribution in [0.2, 0.25) is 0 Å². The number of fused-ring (bicyclic) bond motifs is 1. The highest BCUT2D eigenvalue weighted by molar-refractivity contribution is 6.00. The number of ether oxygens (including phenoxy) is 1. The lowest BCUT2D eigenvalue weighted by atomic mass is 9.98. The predicted molar refractivity (Wildman–Crippen MR) is 87.3 cm³/mol. The van der Waals surface area contributed by atoms with Crippen LogP contribution in [0, 0.1) is 0 Å². The van der Waals surface area contributed by atoms with E-state index in [1.54, 1.807) is 36.4 Å². The molecule has 0 spiro atoms. The van der Waals surface area contributed by atoms with Crippen LogP contribution in [0.3, 0.4) is 0 Å². The number of amides is 2. The van der Waals surface area contributed by atoms with Crippen molar-refractivity contribution in [1.82, 2.24) is 0 Å². The molecule has 0 fully saturated rings. The summed E-state index contributed by atoms with van der Waals surface area (Å²) in [5.74, 6) is -1.30. The molecule has 3 N–H and O–H groups in total. The van der Waals surface area contributed by atoms with E-state index in [-0.39, 0.29) is 12.3 Å². The van der Waals surface area contributed by atoms with E-state index in [0.29, 0.717) is 17.7 Å². The van der Waals surface area contributed by atoms with Crippen LogP contribution in [-0.4, -0.2) is 23.9 Å². The van der Waals surface area contributed by atoms with E-state index in [9.17, 15) is 14.4 Å². The summed E-state index contributed by atoms with van der Waals surface area (Å²) in [6.45, 7) is 0. The van der Waals surface area contributed by atoms with Crippen molar-refractivity contribution in [3.63, 3.8) is 0 Å². The van der Waals surface area contributed by atoms with Crippen molar-refractivity contribution >= 4 is 23.5 Å². The van der Waals surface area contributed by atoms with Gasteiger partial charge in [-0.25, -0.2) is 4.79 Å². The Bertz CT molecular complexity index is 799. The summed E-state index contributed by atoms with van der Waals surface area (Å²) >= 11 is 0. The van der Waals surface area contributed by atoms with Crippen LogP contribution in [0.1, 0.15) is 21.5 Å². The molecule has 2 aromatic rings. The molecular weight excluding hydrogens is 308 g/mol. The molecule has 3 rings (SSSR count). The first-order valence-corrected chi connectivity index (χ1v) is 7.50. The maximum Gasteiger partial charge on any atom is 0.339 e.